The molecule has 1 unspecified atom stereocenters. The SMILES string of the molecule is CCCCCCCCCCCC(=O)[O][SnH]([CH2]CCC)[O][Sn]([CH2]CCC)([CH2]CCC)[CH2]CCC. The number of rotatable bonds is 25. The normalized spacial score (nSPS) is 12.8. The van der Waals surface area contributed by atoms with Crippen LogP contribution < -0.4 is 0 Å². The summed E-state index contributed by atoms with van der Waals surface area (Å²) in [5.74, 6) is 0.0662. The third-order valence-corrected chi connectivity index (χ3v) is 38.5. The van der Waals surface area contributed by atoms with Crippen LogP contribution in [0.1, 0.15) is 150 Å². The van der Waals surface area contributed by atoms with E-state index in [1.165, 1.54) is 116 Å². The van der Waals surface area contributed by atoms with Crippen molar-refractivity contribution in [2.24, 2.45) is 0 Å². The average Bonchev–Trinajstić information content (AvgIpc) is 2.82. The molecule has 0 aliphatic rings. The molecular formula is C28H60O3Sn2. The van der Waals surface area contributed by atoms with E-state index in [9.17, 15) is 4.79 Å². The molecule has 0 aliphatic carbocycles. The first-order valence-corrected chi connectivity index (χ1v) is 27.2. The minimum absolute atomic E-state index is 0.0662. The number of carbonyl (C=O) groups excluding carboxylic acids is 1. The van der Waals surface area contributed by atoms with Gasteiger partial charge in [-0.1, -0.05) is 6.92 Å². The van der Waals surface area contributed by atoms with Gasteiger partial charge in [0.15, 0.2) is 0 Å². The minimum atomic E-state index is -2.73. The maximum atomic E-state index is 12.7. The Labute approximate surface area is 221 Å². The van der Waals surface area contributed by atoms with Crippen molar-refractivity contribution in [3.05, 3.63) is 0 Å². The first kappa shape index (κ1) is 34.0. The summed E-state index contributed by atoms with van der Waals surface area (Å²) >= 11 is -5.41. The molecule has 0 aromatic carbocycles. The van der Waals surface area contributed by atoms with Gasteiger partial charge in [0.25, 0.3) is 0 Å². The van der Waals surface area contributed by atoms with Gasteiger partial charge in [0, 0.05) is 0 Å². The Morgan fingerprint density at radius 3 is 1.45 bits per heavy atom. The van der Waals surface area contributed by atoms with Crippen molar-refractivity contribution < 1.29 is 9.28 Å². The molecule has 0 aliphatic heterocycles. The Morgan fingerprint density at radius 2 is 1.00 bits per heavy atom. The monoisotopic (exact) mass is 684 g/mol. The summed E-state index contributed by atoms with van der Waals surface area (Å²) in [6, 6.07) is 0. The standard InChI is InChI=1S/C12H24O2.4C4H9.O.2Sn.H/c1-2-3-4-5-6-7-8-9-10-11-12(13)14;4*1-3-4-2;;;;/h2-11H2,1H3,(H,13,14);4*1,3-4H2,2H3;;;;/q;;;;;;;+1;/p-1. The molecule has 0 N–H and O–H groups in total. The van der Waals surface area contributed by atoms with E-state index in [1.807, 2.05) is 0 Å². The van der Waals surface area contributed by atoms with Crippen molar-refractivity contribution in [2.45, 2.75) is 168 Å². The predicted octanol–water partition coefficient (Wildman–Crippen LogP) is 9.83. The molecule has 0 aromatic rings. The first-order valence-electron chi connectivity index (χ1n) is 14.9. The Kier molecular flexibility index (Phi) is 25.5. The number of hydrogen-bond donors (Lipinski definition) is 0. The molecule has 0 bridgehead atoms. The molecule has 0 spiro atoms. The number of carbonyl (C=O) groups is 1. The summed E-state index contributed by atoms with van der Waals surface area (Å²) in [5, 5.41) is 0. The van der Waals surface area contributed by atoms with Gasteiger partial charge in [0.2, 0.25) is 0 Å². The van der Waals surface area contributed by atoms with E-state index in [2.05, 4.69) is 34.6 Å². The molecule has 0 amide bonds. The average molecular weight is 682 g/mol. The molecule has 198 valence electrons. The number of hydrogen-bond acceptors (Lipinski definition) is 3. The zero-order valence-electron chi connectivity index (χ0n) is 23.4. The zero-order chi connectivity index (χ0) is 24.6. The second-order valence-electron chi connectivity index (χ2n) is 10.3. The van der Waals surface area contributed by atoms with Crippen LogP contribution >= 0.6 is 0 Å². The van der Waals surface area contributed by atoms with Crippen LogP contribution in [0.2, 0.25) is 17.7 Å². The van der Waals surface area contributed by atoms with E-state index >= 15 is 0 Å². The van der Waals surface area contributed by atoms with E-state index in [0.29, 0.717) is 6.42 Å². The van der Waals surface area contributed by atoms with Gasteiger partial charge >= 0.3 is 216 Å². The van der Waals surface area contributed by atoms with Crippen LogP contribution in [-0.2, 0) is 9.28 Å². The van der Waals surface area contributed by atoms with E-state index in [4.69, 9.17) is 4.49 Å². The van der Waals surface area contributed by atoms with Gasteiger partial charge in [-0.05, 0) is 0 Å². The first-order chi connectivity index (χ1) is 16.1. The van der Waals surface area contributed by atoms with Crippen LogP contribution in [0.25, 0.3) is 0 Å². The van der Waals surface area contributed by atoms with Gasteiger partial charge in [-0.15, -0.1) is 0 Å². The predicted molar refractivity (Wildman–Crippen MR) is 151 cm³/mol. The third-order valence-electron chi connectivity index (χ3n) is 6.88. The zero-order valence-corrected chi connectivity index (χ0v) is 29.5. The third kappa shape index (κ3) is 19.8. The Bertz CT molecular complexity index is 410. The quantitative estimate of drug-likeness (QED) is 0.0711. The molecule has 0 aromatic heterocycles. The summed E-state index contributed by atoms with van der Waals surface area (Å²) in [5.41, 5.74) is 0. The van der Waals surface area contributed by atoms with Crippen LogP contribution in [-0.4, -0.2) is 45.3 Å². The van der Waals surface area contributed by atoms with Crippen molar-refractivity contribution in [3.63, 3.8) is 0 Å². The molecule has 5 heteroatoms. The van der Waals surface area contributed by atoms with Crippen LogP contribution in [0.5, 0.6) is 0 Å². The Hall–Kier alpha value is 1.03. The molecule has 0 saturated carbocycles. The van der Waals surface area contributed by atoms with Crippen molar-refractivity contribution in [1.82, 2.24) is 0 Å². The molecule has 33 heavy (non-hydrogen) atoms. The van der Waals surface area contributed by atoms with Gasteiger partial charge < -0.3 is 0 Å². The molecule has 3 nitrogen and oxygen atoms in total. The fourth-order valence-corrected chi connectivity index (χ4v) is 42.6. The summed E-state index contributed by atoms with van der Waals surface area (Å²) in [4.78, 5) is 12.7. The van der Waals surface area contributed by atoms with Gasteiger partial charge in [0.05, 0.1) is 0 Å². The molecule has 0 heterocycles. The van der Waals surface area contributed by atoms with E-state index < -0.39 is 39.4 Å². The van der Waals surface area contributed by atoms with E-state index in [0.717, 1.165) is 10.9 Å². The fourth-order valence-electron chi connectivity index (χ4n) is 4.63. The maximum absolute atomic E-state index is 12.7. The van der Waals surface area contributed by atoms with Crippen LogP contribution in [0.4, 0.5) is 0 Å². The van der Waals surface area contributed by atoms with Gasteiger partial charge in [-0.3, -0.25) is 0 Å². The van der Waals surface area contributed by atoms with Crippen LogP contribution in [0.3, 0.4) is 0 Å². The van der Waals surface area contributed by atoms with Crippen LogP contribution in [0.15, 0.2) is 0 Å². The van der Waals surface area contributed by atoms with Gasteiger partial charge in [-0.2, -0.15) is 0 Å². The van der Waals surface area contributed by atoms with Crippen LogP contribution in [0, 0.1) is 0 Å². The fraction of sp³-hybridized carbons (Fsp3) is 0.964. The van der Waals surface area contributed by atoms with Gasteiger partial charge in [0.1, 0.15) is 0 Å². The van der Waals surface area contributed by atoms with E-state index in [-0.39, 0.29) is 5.97 Å². The van der Waals surface area contributed by atoms with Crippen molar-refractivity contribution in [2.75, 3.05) is 0 Å². The van der Waals surface area contributed by atoms with E-state index in [1.54, 1.807) is 0 Å². The molecular weight excluding hydrogens is 622 g/mol. The second kappa shape index (κ2) is 24.7. The summed E-state index contributed by atoms with van der Waals surface area (Å²) < 4.78 is 18.5. The van der Waals surface area contributed by atoms with Gasteiger partial charge in [-0.25, -0.2) is 0 Å². The topological polar surface area (TPSA) is 35.5 Å². The van der Waals surface area contributed by atoms with Crippen molar-refractivity contribution in [3.8, 4) is 0 Å². The Morgan fingerprint density at radius 1 is 0.576 bits per heavy atom. The summed E-state index contributed by atoms with van der Waals surface area (Å²) in [7, 11) is 0. The van der Waals surface area contributed by atoms with Crippen molar-refractivity contribution >= 4 is 45.3 Å². The summed E-state index contributed by atoms with van der Waals surface area (Å²) in [6.07, 6.45) is 22.2. The molecule has 1 atom stereocenters. The molecule has 0 rings (SSSR count). The Balaban J connectivity index is 4.70. The second-order valence-corrected chi connectivity index (χ2v) is 31.2. The molecule has 0 radical (unpaired) electrons. The number of unbranched alkanes of at least 4 members (excludes halogenated alkanes) is 12. The molecule has 0 saturated heterocycles. The summed E-state index contributed by atoms with van der Waals surface area (Å²) in [6.45, 7) is 11.4. The van der Waals surface area contributed by atoms with Crippen molar-refractivity contribution in [1.29, 1.82) is 0 Å². The molecule has 0 fully saturated rings.